The standard InChI is InChI=1S/C20H20N6/c1-12-17(14-6-9-16(22)24-10-14)18(26-19(23)25-12)13-4-7-15(8-5-13)20(2,3)11-21/h4-10H,1-3H3,(H2,22,24)(H2,23,25,26). The monoisotopic (exact) mass is 344 g/mol. The molecule has 3 rings (SSSR count). The fourth-order valence-electron chi connectivity index (χ4n) is 2.81. The molecule has 130 valence electrons. The van der Waals surface area contributed by atoms with Crippen LogP contribution in [0.3, 0.4) is 0 Å². The number of hydrogen-bond acceptors (Lipinski definition) is 6. The van der Waals surface area contributed by atoms with Gasteiger partial charge in [0.25, 0.3) is 0 Å². The molecule has 0 fully saturated rings. The Morgan fingerprint density at radius 3 is 2.19 bits per heavy atom. The summed E-state index contributed by atoms with van der Waals surface area (Å²) in [6, 6.07) is 13.7. The number of nitriles is 1. The van der Waals surface area contributed by atoms with Crippen LogP contribution in [0, 0.1) is 18.3 Å². The quantitative estimate of drug-likeness (QED) is 0.751. The Kier molecular flexibility index (Phi) is 4.31. The summed E-state index contributed by atoms with van der Waals surface area (Å²) in [5.41, 5.74) is 16.1. The molecule has 0 bridgehead atoms. The number of pyridine rings is 1. The topological polar surface area (TPSA) is 114 Å². The van der Waals surface area contributed by atoms with Crippen molar-refractivity contribution in [2.75, 3.05) is 11.5 Å². The molecule has 1 aromatic carbocycles. The summed E-state index contributed by atoms with van der Waals surface area (Å²) in [5.74, 6) is 0.665. The van der Waals surface area contributed by atoms with Gasteiger partial charge in [-0.2, -0.15) is 5.26 Å². The van der Waals surface area contributed by atoms with E-state index in [1.54, 1.807) is 12.3 Å². The first-order valence-corrected chi connectivity index (χ1v) is 8.20. The minimum atomic E-state index is -0.553. The SMILES string of the molecule is Cc1nc(N)nc(-c2ccc(C(C)(C)C#N)cc2)c1-c1ccc(N)nc1. The lowest BCUT2D eigenvalue weighted by Gasteiger charge is -2.17. The smallest absolute Gasteiger partial charge is 0.220 e. The number of nitrogen functional groups attached to an aromatic ring is 2. The molecule has 2 heterocycles. The summed E-state index contributed by atoms with van der Waals surface area (Å²) in [6.45, 7) is 5.67. The molecular weight excluding hydrogens is 324 g/mol. The zero-order valence-electron chi connectivity index (χ0n) is 15.0. The van der Waals surface area contributed by atoms with Crippen molar-refractivity contribution in [1.82, 2.24) is 15.0 Å². The molecule has 0 saturated carbocycles. The van der Waals surface area contributed by atoms with Crippen LogP contribution >= 0.6 is 0 Å². The number of rotatable bonds is 3. The molecule has 4 N–H and O–H groups in total. The second-order valence-electron chi connectivity index (χ2n) is 6.68. The van der Waals surface area contributed by atoms with Gasteiger partial charge in [0.05, 0.1) is 22.9 Å². The second-order valence-corrected chi connectivity index (χ2v) is 6.68. The first kappa shape index (κ1) is 17.4. The molecule has 6 heteroatoms. The molecule has 0 radical (unpaired) electrons. The van der Waals surface area contributed by atoms with Gasteiger partial charge in [0.1, 0.15) is 5.82 Å². The predicted molar refractivity (Wildman–Crippen MR) is 103 cm³/mol. The molecule has 0 aliphatic rings. The largest absolute Gasteiger partial charge is 0.384 e. The average molecular weight is 344 g/mol. The fourth-order valence-corrected chi connectivity index (χ4v) is 2.81. The highest BCUT2D eigenvalue weighted by Crippen LogP contribution is 2.34. The number of benzene rings is 1. The van der Waals surface area contributed by atoms with Crippen LogP contribution in [0.5, 0.6) is 0 Å². The molecule has 0 unspecified atom stereocenters. The third-order valence-electron chi connectivity index (χ3n) is 4.34. The van der Waals surface area contributed by atoms with E-state index in [1.807, 2.05) is 51.1 Å². The Balaban J connectivity index is 2.16. The number of nitrogens with two attached hydrogens (primary N) is 2. The summed E-state index contributed by atoms with van der Waals surface area (Å²) in [6.07, 6.45) is 1.70. The Labute approximate surface area is 152 Å². The van der Waals surface area contributed by atoms with Crippen molar-refractivity contribution in [3.8, 4) is 28.5 Å². The molecule has 2 aromatic heterocycles. The van der Waals surface area contributed by atoms with Crippen molar-refractivity contribution >= 4 is 11.8 Å². The van der Waals surface area contributed by atoms with Gasteiger partial charge >= 0.3 is 0 Å². The molecule has 0 spiro atoms. The lowest BCUT2D eigenvalue weighted by Crippen LogP contribution is -2.13. The van der Waals surface area contributed by atoms with Crippen molar-refractivity contribution in [3.05, 3.63) is 53.9 Å². The van der Waals surface area contributed by atoms with Crippen molar-refractivity contribution in [2.24, 2.45) is 0 Å². The Hall–Kier alpha value is -3.46. The number of nitrogens with zero attached hydrogens (tertiary/aromatic N) is 4. The van der Waals surface area contributed by atoms with Gasteiger partial charge in [0.15, 0.2) is 0 Å². The highest BCUT2D eigenvalue weighted by Gasteiger charge is 2.20. The number of aromatic nitrogens is 3. The Morgan fingerprint density at radius 1 is 0.962 bits per heavy atom. The van der Waals surface area contributed by atoms with E-state index in [1.165, 1.54) is 0 Å². The van der Waals surface area contributed by atoms with Crippen LogP contribution in [0.4, 0.5) is 11.8 Å². The normalized spacial score (nSPS) is 11.2. The molecular formula is C20H20N6. The van der Waals surface area contributed by atoms with Gasteiger partial charge in [0, 0.05) is 22.9 Å². The second kappa shape index (κ2) is 6.45. The fraction of sp³-hybridized carbons (Fsp3) is 0.200. The van der Waals surface area contributed by atoms with Gasteiger partial charge in [-0.05, 0) is 38.5 Å². The van der Waals surface area contributed by atoms with Gasteiger partial charge in [-0.15, -0.1) is 0 Å². The van der Waals surface area contributed by atoms with Crippen LogP contribution in [0.2, 0.25) is 0 Å². The predicted octanol–water partition coefficient (Wildman–Crippen LogP) is 3.48. The lowest BCUT2D eigenvalue weighted by molar-refractivity contribution is 0.687. The maximum absolute atomic E-state index is 9.32. The minimum absolute atomic E-state index is 0.214. The molecule has 6 nitrogen and oxygen atoms in total. The Morgan fingerprint density at radius 2 is 1.62 bits per heavy atom. The number of anilines is 2. The zero-order chi connectivity index (χ0) is 18.9. The van der Waals surface area contributed by atoms with Gasteiger partial charge in [-0.1, -0.05) is 24.3 Å². The highest BCUT2D eigenvalue weighted by molar-refractivity contribution is 5.83. The van der Waals surface area contributed by atoms with E-state index in [0.29, 0.717) is 5.82 Å². The molecule has 0 aliphatic carbocycles. The van der Waals surface area contributed by atoms with Gasteiger partial charge < -0.3 is 11.5 Å². The summed E-state index contributed by atoms with van der Waals surface area (Å²) in [5, 5.41) is 9.32. The first-order chi connectivity index (χ1) is 12.3. The van der Waals surface area contributed by atoms with Crippen molar-refractivity contribution < 1.29 is 0 Å². The molecule has 0 amide bonds. The van der Waals surface area contributed by atoms with Gasteiger partial charge in [0.2, 0.25) is 5.95 Å². The third kappa shape index (κ3) is 3.20. The Bertz CT molecular complexity index is 983. The maximum atomic E-state index is 9.32. The summed E-state index contributed by atoms with van der Waals surface area (Å²) in [4.78, 5) is 12.9. The van der Waals surface area contributed by atoms with E-state index in [4.69, 9.17) is 11.5 Å². The summed E-state index contributed by atoms with van der Waals surface area (Å²) in [7, 11) is 0. The van der Waals surface area contributed by atoms with E-state index in [0.717, 1.165) is 33.6 Å². The van der Waals surface area contributed by atoms with E-state index < -0.39 is 5.41 Å². The molecule has 0 atom stereocenters. The van der Waals surface area contributed by atoms with Crippen LogP contribution < -0.4 is 11.5 Å². The minimum Gasteiger partial charge on any atom is -0.384 e. The van der Waals surface area contributed by atoms with E-state index in [9.17, 15) is 5.26 Å². The average Bonchev–Trinajstić information content (AvgIpc) is 2.62. The van der Waals surface area contributed by atoms with Crippen LogP contribution in [-0.2, 0) is 5.41 Å². The van der Waals surface area contributed by atoms with Crippen molar-refractivity contribution in [1.29, 1.82) is 5.26 Å². The lowest BCUT2D eigenvalue weighted by atomic mass is 9.85. The van der Waals surface area contributed by atoms with Crippen molar-refractivity contribution in [3.63, 3.8) is 0 Å². The maximum Gasteiger partial charge on any atom is 0.220 e. The van der Waals surface area contributed by atoms with Crippen molar-refractivity contribution in [2.45, 2.75) is 26.2 Å². The summed E-state index contributed by atoms with van der Waals surface area (Å²) < 4.78 is 0. The number of aryl methyl sites for hydroxylation is 1. The zero-order valence-corrected chi connectivity index (χ0v) is 15.0. The summed E-state index contributed by atoms with van der Waals surface area (Å²) >= 11 is 0. The van der Waals surface area contributed by atoms with Crippen LogP contribution in [0.1, 0.15) is 25.1 Å². The van der Waals surface area contributed by atoms with Crippen LogP contribution in [-0.4, -0.2) is 15.0 Å². The van der Waals surface area contributed by atoms with Crippen LogP contribution in [0.15, 0.2) is 42.6 Å². The first-order valence-electron chi connectivity index (χ1n) is 8.20. The molecule has 0 saturated heterocycles. The molecule has 0 aliphatic heterocycles. The molecule has 26 heavy (non-hydrogen) atoms. The third-order valence-corrected chi connectivity index (χ3v) is 4.34. The van der Waals surface area contributed by atoms with Crippen LogP contribution in [0.25, 0.3) is 22.4 Å². The van der Waals surface area contributed by atoms with E-state index in [-0.39, 0.29) is 5.95 Å². The van der Waals surface area contributed by atoms with Gasteiger partial charge in [-0.25, -0.2) is 15.0 Å². The number of hydrogen-bond donors (Lipinski definition) is 2. The highest BCUT2D eigenvalue weighted by atomic mass is 15.0. The van der Waals surface area contributed by atoms with E-state index in [2.05, 4.69) is 21.0 Å². The molecule has 3 aromatic rings. The van der Waals surface area contributed by atoms with E-state index >= 15 is 0 Å². The van der Waals surface area contributed by atoms with Gasteiger partial charge in [-0.3, -0.25) is 0 Å².